The molecule has 32 heavy (non-hydrogen) atoms. The fraction of sp³-hybridized carbons (Fsp3) is 0.500. The van der Waals surface area contributed by atoms with Crippen molar-refractivity contribution in [2.45, 2.75) is 51.3 Å². The molecule has 2 aromatic rings. The maximum absolute atomic E-state index is 13.6. The third-order valence-electron chi connectivity index (χ3n) is 6.43. The molecule has 7 nitrogen and oxygen atoms in total. The lowest BCUT2D eigenvalue weighted by Gasteiger charge is -2.33. The van der Waals surface area contributed by atoms with E-state index in [0.717, 1.165) is 49.0 Å². The number of piperidine rings is 1. The highest BCUT2D eigenvalue weighted by atomic mass is 32.2. The van der Waals surface area contributed by atoms with E-state index < -0.39 is 10.0 Å². The Balaban J connectivity index is 1.59. The van der Waals surface area contributed by atoms with Crippen LogP contribution in [0.2, 0.25) is 0 Å². The number of likely N-dealkylation sites (tertiary alicyclic amines) is 1. The number of carbonyl (C=O) groups excluding carboxylic acids is 1. The van der Waals surface area contributed by atoms with E-state index in [9.17, 15) is 13.2 Å². The Hall–Kier alpha value is -2.45. The maximum Gasteiger partial charge on any atom is 0.248 e. The summed E-state index contributed by atoms with van der Waals surface area (Å²) in [6, 6.07) is 6.11. The molecule has 172 valence electrons. The van der Waals surface area contributed by atoms with Crippen LogP contribution in [0.5, 0.6) is 0 Å². The van der Waals surface area contributed by atoms with Gasteiger partial charge >= 0.3 is 0 Å². The molecule has 3 heterocycles. The van der Waals surface area contributed by atoms with Crippen LogP contribution in [0, 0.1) is 26.7 Å². The van der Waals surface area contributed by atoms with Crippen LogP contribution in [0.25, 0.3) is 12.2 Å². The molecule has 0 unspecified atom stereocenters. The summed E-state index contributed by atoms with van der Waals surface area (Å²) in [5.41, 5.74) is 3.54. The van der Waals surface area contributed by atoms with E-state index in [-0.39, 0.29) is 29.0 Å². The van der Waals surface area contributed by atoms with Gasteiger partial charge in [-0.25, -0.2) is 8.42 Å². The third kappa shape index (κ3) is 4.52. The van der Waals surface area contributed by atoms with Crippen molar-refractivity contribution in [2.75, 3.05) is 26.2 Å². The molecule has 8 heteroatoms. The molecular formula is C24H31N3O4S. The van der Waals surface area contributed by atoms with E-state index in [4.69, 9.17) is 4.52 Å². The minimum absolute atomic E-state index is 0.0829. The molecule has 2 fully saturated rings. The molecule has 1 atom stereocenters. The van der Waals surface area contributed by atoms with Crippen LogP contribution >= 0.6 is 0 Å². The molecule has 2 aliphatic heterocycles. The summed E-state index contributed by atoms with van der Waals surface area (Å²) in [6.45, 7) is 7.83. The first-order chi connectivity index (χ1) is 15.3. The minimum Gasteiger partial charge on any atom is -0.355 e. The molecule has 1 aromatic carbocycles. The van der Waals surface area contributed by atoms with Gasteiger partial charge in [-0.05, 0) is 63.7 Å². The number of hydrogen-bond donors (Lipinski definition) is 0. The highest BCUT2D eigenvalue weighted by molar-refractivity contribution is 7.89. The topological polar surface area (TPSA) is 83.7 Å². The van der Waals surface area contributed by atoms with Crippen molar-refractivity contribution in [3.8, 4) is 0 Å². The Morgan fingerprint density at radius 2 is 1.84 bits per heavy atom. The SMILES string of the molecule is Cc1ccc(C)c(/C=C/c2onc(C)c2S(=O)(=O)N2CCC[C@@H](C(=O)N3CCCC3)C2)c1. The average Bonchev–Trinajstić information content (AvgIpc) is 3.44. The zero-order chi connectivity index (χ0) is 22.9. The Labute approximate surface area is 190 Å². The van der Waals surface area contributed by atoms with E-state index in [1.165, 1.54) is 4.31 Å². The van der Waals surface area contributed by atoms with Gasteiger partial charge in [0.2, 0.25) is 15.9 Å². The second-order valence-corrected chi connectivity index (χ2v) is 10.8. The molecule has 0 saturated carbocycles. The van der Waals surface area contributed by atoms with Gasteiger partial charge in [0, 0.05) is 26.2 Å². The maximum atomic E-state index is 13.6. The highest BCUT2D eigenvalue weighted by Crippen LogP contribution is 2.30. The van der Waals surface area contributed by atoms with Gasteiger partial charge in [0.05, 0.1) is 5.92 Å². The third-order valence-corrected chi connectivity index (χ3v) is 8.46. The molecule has 0 N–H and O–H groups in total. The van der Waals surface area contributed by atoms with Gasteiger partial charge in [0.25, 0.3) is 0 Å². The highest BCUT2D eigenvalue weighted by Gasteiger charge is 2.38. The Kier molecular flexibility index (Phi) is 6.53. The number of aryl methyl sites for hydroxylation is 3. The zero-order valence-corrected chi connectivity index (χ0v) is 19.8. The van der Waals surface area contributed by atoms with Crippen LogP contribution in [-0.2, 0) is 14.8 Å². The van der Waals surface area contributed by atoms with Crippen molar-refractivity contribution >= 4 is 28.1 Å². The Bertz CT molecular complexity index is 1130. The van der Waals surface area contributed by atoms with Crippen molar-refractivity contribution in [1.29, 1.82) is 0 Å². The van der Waals surface area contributed by atoms with E-state index in [2.05, 4.69) is 5.16 Å². The lowest BCUT2D eigenvalue weighted by atomic mass is 9.98. The van der Waals surface area contributed by atoms with Crippen molar-refractivity contribution in [2.24, 2.45) is 5.92 Å². The fourth-order valence-electron chi connectivity index (χ4n) is 4.59. The monoisotopic (exact) mass is 457 g/mol. The summed E-state index contributed by atoms with van der Waals surface area (Å²) >= 11 is 0. The standard InChI is InChI=1S/C24H31N3O4S/c1-17-8-9-18(2)20(15-17)10-11-22-23(19(3)25-31-22)32(29,30)27-14-6-7-21(16-27)24(28)26-12-4-5-13-26/h8-11,15,21H,4-7,12-14,16H2,1-3H3/b11-10+/t21-/m1/s1. The molecule has 2 aliphatic rings. The van der Waals surface area contributed by atoms with Crippen molar-refractivity contribution in [3.63, 3.8) is 0 Å². The molecule has 1 aromatic heterocycles. The Morgan fingerprint density at radius 3 is 2.59 bits per heavy atom. The molecule has 0 aliphatic carbocycles. The van der Waals surface area contributed by atoms with Crippen LogP contribution in [0.3, 0.4) is 0 Å². The first kappa shape index (κ1) is 22.7. The van der Waals surface area contributed by atoms with Crippen molar-refractivity contribution < 1.29 is 17.7 Å². The van der Waals surface area contributed by atoms with E-state index in [1.54, 1.807) is 13.0 Å². The minimum atomic E-state index is -3.84. The van der Waals surface area contributed by atoms with Gasteiger partial charge in [0.1, 0.15) is 5.69 Å². The van der Waals surface area contributed by atoms with Crippen molar-refractivity contribution in [3.05, 3.63) is 46.3 Å². The first-order valence-electron chi connectivity index (χ1n) is 11.3. The van der Waals surface area contributed by atoms with E-state index >= 15 is 0 Å². The average molecular weight is 458 g/mol. The van der Waals surface area contributed by atoms with Crippen LogP contribution in [-0.4, -0.2) is 54.9 Å². The quantitative estimate of drug-likeness (QED) is 0.682. The summed E-state index contributed by atoms with van der Waals surface area (Å²) in [5, 5.41) is 3.94. The molecule has 0 radical (unpaired) electrons. The van der Waals surface area contributed by atoms with Gasteiger partial charge in [-0.15, -0.1) is 0 Å². The summed E-state index contributed by atoms with van der Waals surface area (Å²) < 4.78 is 34.0. The predicted octanol–water partition coefficient (Wildman–Crippen LogP) is 3.79. The lowest BCUT2D eigenvalue weighted by Crippen LogP contribution is -2.46. The summed E-state index contributed by atoms with van der Waals surface area (Å²) in [4.78, 5) is 14.8. The van der Waals surface area contributed by atoms with Crippen LogP contribution in [0.1, 0.15) is 53.8 Å². The molecule has 4 rings (SSSR count). The summed E-state index contributed by atoms with van der Waals surface area (Å²) in [5.74, 6) is 0.0154. The number of amides is 1. The molecule has 0 spiro atoms. The fourth-order valence-corrected chi connectivity index (χ4v) is 6.36. The summed E-state index contributed by atoms with van der Waals surface area (Å²) in [6.07, 6.45) is 6.97. The number of sulfonamides is 1. The summed E-state index contributed by atoms with van der Waals surface area (Å²) in [7, 11) is -3.84. The van der Waals surface area contributed by atoms with Gasteiger partial charge in [-0.1, -0.05) is 35.0 Å². The smallest absolute Gasteiger partial charge is 0.248 e. The second-order valence-electron chi connectivity index (χ2n) is 8.89. The first-order valence-corrected chi connectivity index (χ1v) is 12.7. The normalized spacial score (nSPS) is 20.3. The number of rotatable bonds is 5. The lowest BCUT2D eigenvalue weighted by molar-refractivity contribution is -0.135. The Morgan fingerprint density at radius 1 is 1.09 bits per heavy atom. The molecule has 2 saturated heterocycles. The van der Waals surface area contributed by atoms with Crippen LogP contribution in [0.4, 0.5) is 0 Å². The molecule has 1 amide bonds. The van der Waals surface area contributed by atoms with Crippen LogP contribution < -0.4 is 0 Å². The number of carbonyl (C=O) groups is 1. The van der Waals surface area contributed by atoms with E-state index in [1.807, 2.05) is 43.0 Å². The zero-order valence-electron chi connectivity index (χ0n) is 19.0. The van der Waals surface area contributed by atoms with Gasteiger partial charge in [0.15, 0.2) is 10.7 Å². The molecular weight excluding hydrogens is 426 g/mol. The van der Waals surface area contributed by atoms with Crippen LogP contribution in [0.15, 0.2) is 27.6 Å². The number of aromatic nitrogens is 1. The van der Waals surface area contributed by atoms with Gasteiger partial charge in [-0.3, -0.25) is 4.79 Å². The van der Waals surface area contributed by atoms with Crippen molar-refractivity contribution in [1.82, 2.24) is 14.4 Å². The van der Waals surface area contributed by atoms with E-state index in [0.29, 0.717) is 18.7 Å². The number of benzene rings is 1. The van der Waals surface area contributed by atoms with Gasteiger partial charge in [-0.2, -0.15) is 4.31 Å². The second kappa shape index (κ2) is 9.19. The predicted molar refractivity (Wildman–Crippen MR) is 123 cm³/mol. The number of nitrogens with zero attached hydrogens (tertiary/aromatic N) is 3. The molecule has 0 bridgehead atoms. The number of hydrogen-bond acceptors (Lipinski definition) is 5. The van der Waals surface area contributed by atoms with Gasteiger partial charge < -0.3 is 9.42 Å². The largest absolute Gasteiger partial charge is 0.355 e.